The van der Waals surface area contributed by atoms with Gasteiger partial charge in [0.2, 0.25) is 0 Å². The SMILES string of the molecule is CC#CCCC1(O)CCCC(CC)CC1. The lowest BCUT2D eigenvalue weighted by atomic mass is 9.89. The average molecular weight is 208 g/mol. The lowest BCUT2D eigenvalue weighted by Gasteiger charge is -2.25. The van der Waals surface area contributed by atoms with Crippen molar-refractivity contribution >= 4 is 0 Å². The Morgan fingerprint density at radius 2 is 2.13 bits per heavy atom. The molecule has 1 aliphatic rings. The van der Waals surface area contributed by atoms with Gasteiger partial charge in [-0.05, 0) is 38.5 Å². The largest absolute Gasteiger partial charge is 0.390 e. The Morgan fingerprint density at radius 1 is 1.33 bits per heavy atom. The first-order valence-corrected chi connectivity index (χ1v) is 6.32. The van der Waals surface area contributed by atoms with Crippen molar-refractivity contribution in [2.24, 2.45) is 5.92 Å². The van der Waals surface area contributed by atoms with E-state index in [-0.39, 0.29) is 0 Å². The Labute approximate surface area is 94.3 Å². The van der Waals surface area contributed by atoms with Gasteiger partial charge >= 0.3 is 0 Å². The molecule has 0 spiro atoms. The van der Waals surface area contributed by atoms with E-state index in [0.717, 1.165) is 31.6 Å². The summed E-state index contributed by atoms with van der Waals surface area (Å²) in [5.74, 6) is 6.80. The van der Waals surface area contributed by atoms with E-state index in [2.05, 4.69) is 18.8 Å². The molecular weight excluding hydrogens is 184 g/mol. The molecule has 0 heterocycles. The minimum absolute atomic E-state index is 0.409. The van der Waals surface area contributed by atoms with E-state index in [0.29, 0.717) is 0 Å². The van der Waals surface area contributed by atoms with Crippen molar-refractivity contribution in [2.45, 2.75) is 70.8 Å². The van der Waals surface area contributed by atoms with E-state index >= 15 is 0 Å². The molecule has 0 aromatic heterocycles. The molecule has 1 rings (SSSR count). The summed E-state index contributed by atoms with van der Waals surface area (Å²) < 4.78 is 0. The first-order chi connectivity index (χ1) is 7.20. The van der Waals surface area contributed by atoms with Crippen molar-refractivity contribution < 1.29 is 5.11 Å². The second kappa shape index (κ2) is 6.18. The van der Waals surface area contributed by atoms with Gasteiger partial charge in [-0.15, -0.1) is 11.8 Å². The van der Waals surface area contributed by atoms with Gasteiger partial charge in [0.15, 0.2) is 0 Å². The molecule has 86 valence electrons. The highest BCUT2D eigenvalue weighted by atomic mass is 16.3. The van der Waals surface area contributed by atoms with Crippen molar-refractivity contribution in [3.8, 4) is 11.8 Å². The zero-order chi connectivity index (χ0) is 11.1. The van der Waals surface area contributed by atoms with Crippen molar-refractivity contribution in [1.29, 1.82) is 0 Å². The van der Waals surface area contributed by atoms with Crippen molar-refractivity contribution in [3.05, 3.63) is 0 Å². The Balaban J connectivity index is 2.41. The van der Waals surface area contributed by atoms with Crippen LogP contribution < -0.4 is 0 Å². The highest BCUT2D eigenvalue weighted by molar-refractivity contribution is 4.97. The van der Waals surface area contributed by atoms with Crippen LogP contribution in [-0.4, -0.2) is 10.7 Å². The lowest BCUT2D eigenvalue weighted by Crippen LogP contribution is -2.27. The van der Waals surface area contributed by atoms with Gasteiger partial charge in [-0.25, -0.2) is 0 Å². The monoisotopic (exact) mass is 208 g/mol. The van der Waals surface area contributed by atoms with Gasteiger partial charge in [-0.2, -0.15) is 0 Å². The Bertz CT molecular complexity index is 235. The summed E-state index contributed by atoms with van der Waals surface area (Å²) in [4.78, 5) is 0. The molecule has 0 aromatic rings. The van der Waals surface area contributed by atoms with Gasteiger partial charge in [0.1, 0.15) is 0 Å². The van der Waals surface area contributed by atoms with Gasteiger partial charge in [-0.1, -0.05) is 26.2 Å². The molecule has 2 unspecified atom stereocenters. The molecule has 1 aliphatic carbocycles. The van der Waals surface area contributed by atoms with E-state index < -0.39 is 5.60 Å². The van der Waals surface area contributed by atoms with Crippen LogP contribution in [0, 0.1) is 17.8 Å². The quantitative estimate of drug-likeness (QED) is 0.556. The topological polar surface area (TPSA) is 20.2 Å². The summed E-state index contributed by atoms with van der Waals surface area (Å²) in [6.45, 7) is 4.13. The molecule has 0 aromatic carbocycles. The Hall–Kier alpha value is -0.480. The van der Waals surface area contributed by atoms with E-state index in [9.17, 15) is 5.11 Å². The summed E-state index contributed by atoms with van der Waals surface area (Å²) >= 11 is 0. The van der Waals surface area contributed by atoms with Crippen LogP contribution in [0.4, 0.5) is 0 Å². The van der Waals surface area contributed by atoms with Crippen LogP contribution >= 0.6 is 0 Å². The number of hydrogen-bond donors (Lipinski definition) is 1. The number of hydrogen-bond acceptors (Lipinski definition) is 1. The first-order valence-electron chi connectivity index (χ1n) is 6.32. The molecule has 1 heteroatoms. The molecule has 0 saturated heterocycles. The predicted octanol–water partition coefficient (Wildman–Crippen LogP) is 3.51. The molecule has 0 amide bonds. The van der Waals surface area contributed by atoms with Crippen LogP contribution in [0.25, 0.3) is 0 Å². The summed E-state index contributed by atoms with van der Waals surface area (Å²) in [6.07, 6.45) is 8.64. The van der Waals surface area contributed by atoms with Gasteiger partial charge in [0, 0.05) is 6.42 Å². The molecule has 1 nitrogen and oxygen atoms in total. The van der Waals surface area contributed by atoms with E-state index in [1.54, 1.807) is 0 Å². The number of aliphatic hydroxyl groups is 1. The van der Waals surface area contributed by atoms with E-state index in [1.807, 2.05) is 6.92 Å². The lowest BCUT2D eigenvalue weighted by molar-refractivity contribution is 0.0168. The van der Waals surface area contributed by atoms with Crippen LogP contribution in [0.3, 0.4) is 0 Å². The minimum Gasteiger partial charge on any atom is -0.390 e. The summed E-state index contributed by atoms with van der Waals surface area (Å²) in [5, 5.41) is 10.4. The van der Waals surface area contributed by atoms with Crippen molar-refractivity contribution in [1.82, 2.24) is 0 Å². The van der Waals surface area contributed by atoms with Crippen LogP contribution in [0.2, 0.25) is 0 Å². The van der Waals surface area contributed by atoms with E-state index in [4.69, 9.17) is 0 Å². The smallest absolute Gasteiger partial charge is 0.0657 e. The zero-order valence-corrected chi connectivity index (χ0v) is 10.2. The summed E-state index contributed by atoms with van der Waals surface area (Å²) in [7, 11) is 0. The van der Waals surface area contributed by atoms with Crippen LogP contribution in [-0.2, 0) is 0 Å². The molecule has 15 heavy (non-hydrogen) atoms. The van der Waals surface area contributed by atoms with Crippen molar-refractivity contribution in [3.63, 3.8) is 0 Å². The van der Waals surface area contributed by atoms with Crippen LogP contribution in [0.1, 0.15) is 65.2 Å². The fourth-order valence-corrected chi connectivity index (χ4v) is 2.54. The third kappa shape index (κ3) is 4.26. The highest BCUT2D eigenvalue weighted by Crippen LogP contribution is 2.34. The fourth-order valence-electron chi connectivity index (χ4n) is 2.54. The number of rotatable bonds is 3. The normalized spacial score (nSPS) is 31.5. The summed E-state index contributed by atoms with van der Waals surface area (Å²) in [6, 6.07) is 0. The van der Waals surface area contributed by atoms with Gasteiger partial charge < -0.3 is 5.11 Å². The van der Waals surface area contributed by atoms with E-state index in [1.165, 1.54) is 25.7 Å². The third-order valence-corrected chi connectivity index (χ3v) is 3.74. The molecular formula is C14H24O. The van der Waals surface area contributed by atoms with Gasteiger partial charge in [0.05, 0.1) is 5.60 Å². The van der Waals surface area contributed by atoms with Crippen LogP contribution in [0.15, 0.2) is 0 Å². The Kier molecular flexibility index (Phi) is 5.19. The molecule has 0 bridgehead atoms. The second-order valence-electron chi connectivity index (χ2n) is 4.86. The molecule has 1 saturated carbocycles. The fraction of sp³-hybridized carbons (Fsp3) is 0.857. The standard InChI is InChI=1S/C14H24O/c1-3-5-6-10-14(15)11-7-8-13(4-2)9-12-14/h13,15H,4,6-12H2,1-2H3. The third-order valence-electron chi connectivity index (χ3n) is 3.74. The molecule has 0 radical (unpaired) electrons. The maximum atomic E-state index is 10.4. The second-order valence-corrected chi connectivity index (χ2v) is 4.86. The van der Waals surface area contributed by atoms with Gasteiger partial charge in [0.25, 0.3) is 0 Å². The predicted molar refractivity (Wildman–Crippen MR) is 64.5 cm³/mol. The highest BCUT2D eigenvalue weighted by Gasteiger charge is 2.29. The average Bonchev–Trinajstić information content (AvgIpc) is 2.41. The minimum atomic E-state index is -0.409. The summed E-state index contributed by atoms with van der Waals surface area (Å²) in [5.41, 5.74) is -0.409. The maximum absolute atomic E-state index is 10.4. The van der Waals surface area contributed by atoms with Crippen molar-refractivity contribution in [2.75, 3.05) is 0 Å². The molecule has 2 atom stereocenters. The molecule has 1 N–H and O–H groups in total. The maximum Gasteiger partial charge on any atom is 0.0657 e. The molecule has 0 aliphatic heterocycles. The molecule has 1 fully saturated rings. The zero-order valence-electron chi connectivity index (χ0n) is 10.2. The van der Waals surface area contributed by atoms with Crippen LogP contribution in [0.5, 0.6) is 0 Å². The van der Waals surface area contributed by atoms with Gasteiger partial charge in [-0.3, -0.25) is 0 Å². The Morgan fingerprint density at radius 3 is 2.80 bits per heavy atom. The first kappa shape index (κ1) is 12.6.